The molecule has 0 radical (unpaired) electrons. The summed E-state index contributed by atoms with van der Waals surface area (Å²) in [6.45, 7) is 1.92. The Hall–Kier alpha value is -0.570. The molecule has 4 saturated carbocycles. The van der Waals surface area contributed by atoms with E-state index >= 15 is 0 Å². The van der Waals surface area contributed by atoms with Gasteiger partial charge in [-0.05, 0) is 55.8 Å². The summed E-state index contributed by atoms with van der Waals surface area (Å²) in [4.78, 5) is 11.3. The van der Waals surface area contributed by atoms with Crippen molar-refractivity contribution in [3.63, 3.8) is 0 Å². The molecule has 0 saturated heterocycles. The van der Waals surface area contributed by atoms with Gasteiger partial charge in [0.15, 0.2) is 0 Å². The van der Waals surface area contributed by atoms with E-state index in [0.29, 0.717) is 6.61 Å². The molecule has 1 amide bonds. The van der Waals surface area contributed by atoms with Gasteiger partial charge in [0.2, 0.25) is 5.91 Å². The zero-order valence-corrected chi connectivity index (χ0v) is 9.96. The summed E-state index contributed by atoms with van der Waals surface area (Å²) in [5.74, 6) is 1.57. The summed E-state index contributed by atoms with van der Waals surface area (Å²) >= 11 is 0. The van der Waals surface area contributed by atoms with E-state index in [1.54, 1.807) is 6.92 Å². The normalized spacial score (nSPS) is 49.4. The van der Waals surface area contributed by atoms with Crippen molar-refractivity contribution in [2.75, 3.05) is 6.61 Å². The number of aliphatic hydroxyl groups is 1. The van der Waals surface area contributed by atoms with Crippen LogP contribution in [-0.4, -0.2) is 23.2 Å². The SMILES string of the molecule is CC(=O)NC12CC3CC(CC(CO)(C3)C1)C2. The molecule has 4 bridgehead atoms. The molecule has 3 nitrogen and oxygen atoms in total. The standard InChI is InChI=1S/C13H21NO2/c1-9(16)14-13-5-10-2-11(6-13)4-12(3-10,7-13)8-15/h10-11,15H,2-8H2,1H3,(H,14,16). The zero-order valence-electron chi connectivity index (χ0n) is 9.96. The minimum Gasteiger partial charge on any atom is -0.396 e. The van der Waals surface area contributed by atoms with E-state index in [2.05, 4.69) is 5.32 Å². The molecule has 2 N–H and O–H groups in total. The van der Waals surface area contributed by atoms with Gasteiger partial charge in [-0.15, -0.1) is 0 Å². The topological polar surface area (TPSA) is 49.3 Å². The lowest BCUT2D eigenvalue weighted by atomic mass is 9.47. The number of aliphatic hydroxyl groups excluding tert-OH is 1. The van der Waals surface area contributed by atoms with Crippen LogP contribution in [0.2, 0.25) is 0 Å². The summed E-state index contributed by atoms with van der Waals surface area (Å²) < 4.78 is 0. The van der Waals surface area contributed by atoms with Crippen LogP contribution in [-0.2, 0) is 4.79 Å². The Bertz CT molecular complexity index is 312. The molecule has 0 heterocycles. The Kier molecular flexibility index (Phi) is 2.13. The second-order valence-electron chi connectivity index (χ2n) is 6.58. The van der Waals surface area contributed by atoms with Gasteiger partial charge >= 0.3 is 0 Å². The van der Waals surface area contributed by atoms with Gasteiger partial charge in [0, 0.05) is 19.1 Å². The van der Waals surface area contributed by atoms with Crippen LogP contribution in [0.15, 0.2) is 0 Å². The van der Waals surface area contributed by atoms with Gasteiger partial charge in [-0.25, -0.2) is 0 Å². The highest BCUT2D eigenvalue weighted by molar-refractivity contribution is 5.74. The summed E-state index contributed by atoms with van der Waals surface area (Å²) in [6, 6.07) is 0. The average Bonchev–Trinajstić information content (AvgIpc) is 2.13. The minimum absolute atomic E-state index is 0.0264. The van der Waals surface area contributed by atoms with Gasteiger partial charge in [0.1, 0.15) is 0 Å². The Morgan fingerprint density at radius 2 is 1.94 bits per heavy atom. The second-order valence-corrected chi connectivity index (χ2v) is 6.58. The van der Waals surface area contributed by atoms with Crippen molar-refractivity contribution in [1.29, 1.82) is 0 Å². The molecule has 4 rings (SSSR count). The minimum atomic E-state index is 0.0264. The highest BCUT2D eigenvalue weighted by Gasteiger charge is 2.57. The maximum absolute atomic E-state index is 11.3. The number of carbonyl (C=O) groups is 1. The summed E-state index contributed by atoms with van der Waals surface area (Å²) in [5, 5.41) is 12.9. The van der Waals surface area contributed by atoms with Crippen LogP contribution in [0.3, 0.4) is 0 Å². The molecule has 4 aliphatic carbocycles. The van der Waals surface area contributed by atoms with Gasteiger partial charge in [0.25, 0.3) is 0 Å². The molecular formula is C13H21NO2. The van der Waals surface area contributed by atoms with E-state index in [0.717, 1.165) is 31.1 Å². The Morgan fingerprint density at radius 1 is 1.31 bits per heavy atom. The fraction of sp³-hybridized carbons (Fsp3) is 0.923. The first kappa shape index (κ1) is 10.6. The Morgan fingerprint density at radius 3 is 2.44 bits per heavy atom. The van der Waals surface area contributed by atoms with Crippen LogP contribution < -0.4 is 5.32 Å². The predicted octanol–water partition coefficient (Wildman–Crippen LogP) is 1.45. The Balaban J connectivity index is 1.89. The van der Waals surface area contributed by atoms with Crippen LogP contribution in [0.1, 0.15) is 45.4 Å². The number of amides is 1. The lowest BCUT2D eigenvalue weighted by Gasteiger charge is -2.61. The smallest absolute Gasteiger partial charge is 0.217 e. The maximum atomic E-state index is 11.3. The first-order valence-electron chi connectivity index (χ1n) is 6.44. The van der Waals surface area contributed by atoms with Gasteiger partial charge in [-0.3, -0.25) is 4.79 Å². The summed E-state index contributed by atoms with van der Waals surface area (Å²) in [5.41, 5.74) is 0.158. The second kappa shape index (κ2) is 3.22. The number of nitrogens with one attached hydrogen (secondary N) is 1. The molecule has 0 aromatic heterocycles. The third kappa shape index (κ3) is 1.48. The van der Waals surface area contributed by atoms with Crippen molar-refractivity contribution in [2.24, 2.45) is 17.3 Å². The number of rotatable bonds is 2. The average molecular weight is 223 g/mol. The lowest BCUT2D eigenvalue weighted by Crippen LogP contribution is -2.63. The lowest BCUT2D eigenvalue weighted by molar-refractivity contribution is -0.133. The van der Waals surface area contributed by atoms with Crippen molar-refractivity contribution in [1.82, 2.24) is 5.32 Å². The maximum Gasteiger partial charge on any atom is 0.217 e. The third-order valence-corrected chi connectivity index (χ3v) is 4.96. The zero-order chi connectivity index (χ0) is 11.4. The van der Waals surface area contributed by atoms with E-state index in [4.69, 9.17) is 0 Å². The van der Waals surface area contributed by atoms with Crippen LogP contribution in [0, 0.1) is 17.3 Å². The van der Waals surface area contributed by atoms with Crippen molar-refractivity contribution in [3.05, 3.63) is 0 Å². The summed E-state index contributed by atoms with van der Waals surface area (Å²) in [7, 11) is 0. The molecule has 0 aliphatic heterocycles. The van der Waals surface area contributed by atoms with Gasteiger partial charge in [-0.2, -0.15) is 0 Å². The van der Waals surface area contributed by atoms with E-state index in [1.165, 1.54) is 19.3 Å². The fourth-order valence-corrected chi connectivity index (χ4v) is 5.16. The summed E-state index contributed by atoms with van der Waals surface area (Å²) in [6.07, 6.45) is 6.98. The largest absolute Gasteiger partial charge is 0.396 e. The van der Waals surface area contributed by atoms with Crippen LogP contribution in [0.4, 0.5) is 0 Å². The van der Waals surface area contributed by atoms with E-state index < -0.39 is 0 Å². The molecule has 4 fully saturated rings. The van der Waals surface area contributed by atoms with E-state index in [1.807, 2.05) is 0 Å². The molecule has 0 spiro atoms. The van der Waals surface area contributed by atoms with Crippen molar-refractivity contribution >= 4 is 5.91 Å². The van der Waals surface area contributed by atoms with Crippen molar-refractivity contribution < 1.29 is 9.90 Å². The van der Waals surface area contributed by atoms with Gasteiger partial charge < -0.3 is 10.4 Å². The number of hydrogen-bond donors (Lipinski definition) is 2. The van der Waals surface area contributed by atoms with E-state index in [9.17, 15) is 9.90 Å². The van der Waals surface area contributed by atoms with E-state index in [-0.39, 0.29) is 16.9 Å². The van der Waals surface area contributed by atoms with Gasteiger partial charge in [-0.1, -0.05) is 0 Å². The van der Waals surface area contributed by atoms with Crippen LogP contribution in [0.5, 0.6) is 0 Å². The van der Waals surface area contributed by atoms with Crippen LogP contribution in [0.25, 0.3) is 0 Å². The molecule has 16 heavy (non-hydrogen) atoms. The van der Waals surface area contributed by atoms with Crippen molar-refractivity contribution in [2.45, 2.75) is 51.0 Å². The molecule has 0 aromatic carbocycles. The first-order valence-corrected chi connectivity index (χ1v) is 6.44. The monoisotopic (exact) mass is 223 g/mol. The van der Waals surface area contributed by atoms with Crippen molar-refractivity contribution in [3.8, 4) is 0 Å². The number of hydrogen-bond acceptors (Lipinski definition) is 2. The highest BCUT2D eigenvalue weighted by Crippen LogP contribution is 2.61. The molecule has 3 heteroatoms. The molecule has 2 unspecified atom stereocenters. The predicted molar refractivity (Wildman–Crippen MR) is 60.7 cm³/mol. The first-order chi connectivity index (χ1) is 7.55. The molecular weight excluding hydrogens is 202 g/mol. The molecule has 4 aliphatic rings. The Labute approximate surface area is 96.6 Å². The quantitative estimate of drug-likeness (QED) is 0.744. The number of carbonyl (C=O) groups excluding carboxylic acids is 1. The molecule has 0 aromatic rings. The molecule has 2 atom stereocenters. The third-order valence-electron chi connectivity index (χ3n) is 4.96. The van der Waals surface area contributed by atoms with Crippen LogP contribution >= 0.6 is 0 Å². The fourth-order valence-electron chi connectivity index (χ4n) is 5.16. The molecule has 90 valence electrons. The van der Waals surface area contributed by atoms with Gasteiger partial charge in [0.05, 0.1) is 0 Å². The highest BCUT2D eigenvalue weighted by atomic mass is 16.3.